The Kier molecular flexibility index (Phi) is 2.11. The van der Waals surface area contributed by atoms with E-state index in [0.717, 1.165) is 0 Å². The average Bonchev–Trinajstić information content (AvgIpc) is 2.66. The molecular formula is C9H10N4O2. The maximum Gasteiger partial charge on any atom is 0.243 e. The highest BCUT2D eigenvalue weighted by Gasteiger charge is 2.31. The maximum atomic E-state index is 11.4. The van der Waals surface area contributed by atoms with Crippen LogP contribution >= 0.6 is 0 Å². The Balaban J connectivity index is 2.53. The predicted octanol–water partition coefficient (Wildman–Crippen LogP) is -0.759. The smallest absolute Gasteiger partial charge is 0.243 e. The first-order chi connectivity index (χ1) is 7.15. The Labute approximate surface area is 86.6 Å². The second kappa shape index (κ2) is 3.30. The minimum atomic E-state index is -0.563. The van der Waals surface area contributed by atoms with Gasteiger partial charge in [-0.1, -0.05) is 0 Å². The fraction of sp³-hybridized carbons (Fsp3) is 0.333. The van der Waals surface area contributed by atoms with E-state index >= 15 is 0 Å². The number of amidine groups is 1. The molecular weight excluding hydrogens is 196 g/mol. The lowest BCUT2D eigenvalue weighted by Crippen LogP contribution is -2.44. The van der Waals surface area contributed by atoms with Crippen LogP contribution < -0.4 is 0 Å². The molecule has 0 aromatic carbocycles. The van der Waals surface area contributed by atoms with Crippen LogP contribution in [0.25, 0.3) is 0 Å². The maximum absolute atomic E-state index is 11.4. The molecule has 0 spiro atoms. The van der Waals surface area contributed by atoms with Crippen LogP contribution in [0.15, 0.2) is 21.4 Å². The lowest BCUT2D eigenvalue weighted by molar-refractivity contribution is -0.128. The van der Waals surface area contributed by atoms with Gasteiger partial charge in [-0.15, -0.1) is 0 Å². The normalized spacial score (nSPS) is 19.2. The van der Waals surface area contributed by atoms with Gasteiger partial charge in [0.15, 0.2) is 12.1 Å². The fourth-order valence-electron chi connectivity index (χ4n) is 1.70. The molecule has 0 saturated carbocycles. The summed E-state index contributed by atoms with van der Waals surface area (Å²) >= 11 is 0. The fourth-order valence-corrected chi connectivity index (χ4v) is 1.70. The van der Waals surface area contributed by atoms with Gasteiger partial charge in [0.05, 0.1) is 6.67 Å². The van der Waals surface area contributed by atoms with Gasteiger partial charge in [-0.3, -0.25) is 9.59 Å². The van der Waals surface area contributed by atoms with Gasteiger partial charge in [-0.05, 0) is 0 Å². The number of rotatable bonds is 2. The molecule has 0 amide bonds. The Morgan fingerprint density at radius 2 is 2.20 bits per heavy atom. The SMILES string of the molecule is CN1CN(C)C(C(=O)C=O)=C2N=CN=C21. The summed E-state index contributed by atoms with van der Waals surface area (Å²) in [6.45, 7) is 0.514. The molecule has 0 N–H and O–H groups in total. The summed E-state index contributed by atoms with van der Waals surface area (Å²) < 4.78 is 0. The molecule has 0 bridgehead atoms. The topological polar surface area (TPSA) is 65.3 Å². The average molecular weight is 206 g/mol. The van der Waals surface area contributed by atoms with Crippen molar-refractivity contribution in [1.82, 2.24) is 9.80 Å². The van der Waals surface area contributed by atoms with Crippen LogP contribution in [0.5, 0.6) is 0 Å². The number of nitrogens with zero attached hydrogens (tertiary/aromatic N) is 4. The number of ketones is 1. The zero-order valence-electron chi connectivity index (χ0n) is 8.47. The van der Waals surface area contributed by atoms with Crippen molar-refractivity contribution in [2.75, 3.05) is 20.8 Å². The van der Waals surface area contributed by atoms with E-state index in [1.54, 1.807) is 11.9 Å². The minimum absolute atomic E-state index is 0.301. The third kappa shape index (κ3) is 1.34. The summed E-state index contributed by atoms with van der Waals surface area (Å²) in [4.78, 5) is 33.5. The van der Waals surface area contributed by atoms with Crippen LogP contribution in [0, 0.1) is 0 Å². The highest BCUT2D eigenvalue weighted by atomic mass is 16.2. The first kappa shape index (κ1) is 9.57. The number of aldehydes is 1. The monoisotopic (exact) mass is 206 g/mol. The van der Waals surface area contributed by atoms with Gasteiger partial charge in [0, 0.05) is 14.1 Å². The molecule has 2 heterocycles. The first-order valence-electron chi connectivity index (χ1n) is 4.42. The standard InChI is InChI=1S/C9H10N4O2/c1-12-5-13(2)9-7(10-4-11-9)8(12)6(15)3-14/h3-4H,5H2,1-2H3. The van der Waals surface area contributed by atoms with E-state index in [1.807, 2.05) is 11.9 Å². The van der Waals surface area contributed by atoms with E-state index in [2.05, 4.69) is 9.98 Å². The van der Waals surface area contributed by atoms with E-state index in [1.165, 1.54) is 6.34 Å². The van der Waals surface area contributed by atoms with Crippen LogP contribution in [0.4, 0.5) is 0 Å². The zero-order valence-corrected chi connectivity index (χ0v) is 8.47. The Morgan fingerprint density at radius 1 is 1.47 bits per heavy atom. The van der Waals surface area contributed by atoms with Crippen LogP contribution in [0.1, 0.15) is 0 Å². The molecule has 0 aliphatic carbocycles. The number of allylic oxidation sites excluding steroid dienone is 1. The third-order valence-corrected chi connectivity index (χ3v) is 2.31. The summed E-state index contributed by atoms with van der Waals surface area (Å²) in [5, 5.41) is 0. The van der Waals surface area contributed by atoms with E-state index < -0.39 is 5.78 Å². The first-order valence-corrected chi connectivity index (χ1v) is 4.42. The summed E-state index contributed by atoms with van der Waals surface area (Å²) in [7, 11) is 3.59. The number of Topliss-reactive ketones (excluding diaryl/α,β-unsaturated/α-hetero) is 1. The molecule has 2 rings (SSSR count). The number of hydrogen-bond acceptors (Lipinski definition) is 6. The lowest BCUT2D eigenvalue weighted by Gasteiger charge is -2.33. The molecule has 0 saturated heterocycles. The van der Waals surface area contributed by atoms with Crippen molar-refractivity contribution in [2.24, 2.45) is 9.98 Å². The molecule has 0 atom stereocenters. The van der Waals surface area contributed by atoms with Gasteiger partial charge < -0.3 is 9.80 Å². The number of likely N-dealkylation sites (N-methyl/N-ethyl adjacent to an activating group) is 2. The summed E-state index contributed by atoms with van der Waals surface area (Å²) in [6, 6.07) is 0. The molecule has 78 valence electrons. The third-order valence-electron chi connectivity index (χ3n) is 2.31. The number of hydrogen-bond donors (Lipinski definition) is 0. The van der Waals surface area contributed by atoms with Crippen molar-refractivity contribution in [3.63, 3.8) is 0 Å². The zero-order chi connectivity index (χ0) is 11.0. The molecule has 6 heteroatoms. The van der Waals surface area contributed by atoms with Gasteiger partial charge in [0.25, 0.3) is 0 Å². The van der Waals surface area contributed by atoms with Crippen molar-refractivity contribution in [2.45, 2.75) is 0 Å². The highest BCUT2D eigenvalue weighted by Crippen LogP contribution is 2.22. The molecule has 2 aliphatic rings. The quantitative estimate of drug-likeness (QED) is 0.440. The molecule has 0 aromatic heterocycles. The molecule has 15 heavy (non-hydrogen) atoms. The Bertz CT molecular complexity index is 422. The van der Waals surface area contributed by atoms with Crippen molar-refractivity contribution in [3.8, 4) is 0 Å². The highest BCUT2D eigenvalue weighted by molar-refractivity contribution is 6.34. The van der Waals surface area contributed by atoms with Gasteiger partial charge in [-0.25, -0.2) is 9.98 Å². The van der Waals surface area contributed by atoms with Gasteiger partial charge in [0.2, 0.25) is 5.78 Å². The van der Waals surface area contributed by atoms with E-state index in [0.29, 0.717) is 30.2 Å². The number of fused-ring (bicyclic) bond motifs is 1. The van der Waals surface area contributed by atoms with Crippen LogP contribution in [-0.4, -0.2) is 54.8 Å². The van der Waals surface area contributed by atoms with E-state index in [4.69, 9.17) is 0 Å². The molecule has 0 radical (unpaired) electrons. The van der Waals surface area contributed by atoms with Crippen LogP contribution in [0.3, 0.4) is 0 Å². The predicted molar refractivity (Wildman–Crippen MR) is 54.4 cm³/mol. The van der Waals surface area contributed by atoms with Crippen LogP contribution in [0.2, 0.25) is 0 Å². The van der Waals surface area contributed by atoms with Crippen molar-refractivity contribution >= 4 is 24.2 Å². The summed E-state index contributed by atoms with van der Waals surface area (Å²) in [6.07, 6.45) is 1.69. The van der Waals surface area contributed by atoms with Gasteiger partial charge >= 0.3 is 0 Å². The molecule has 2 aliphatic heterocycles. The Hall–Kier alpha value is -1.98. The number of carbonyl (C=O) groups excluding carboxylic acids is 2. The second-order valence-corrected chi connectivity index (χ2v) is 3.41. The largest absolute Gasteiger partial charge is 0.352 e. The number of carbonyl (C=O) groups is 2. The van der Waals surface area contributed by atoms with E-state index in [-0.39, 0.29) is 0 Å². The van der Waals surface area contributed by atoms with E-state index in [9.17, 15) is 9.59 Å². The summed E-state index contributed by atoms with van der Waals surface area (Å²) in [5.41, 5.74) is 0.791. The van der Waals surface area contributed by atoms with Crippen molar-refractivity contribution < 1.29 is 9.59 Å². The molecule has 0 fully saturated rings. The van der Waals surface area contributed by atoms with Crippen LogP contribution in [-0.2, 0) is 9.59 Å². The van der Waals surface area contributed by atoms with Crippen molar-refractivity contribution in [1.29, 1.82) is 0 Å². The Morgan fingerprint density at radius 3 is 2.87 bits per heavy atom. The lowest BCUT2D eigenvalue weighted by atomic mass is 10.1. The second-order valence-electron chi connectivity index (χ2n) is 3.41. The van der Waals surface area contributed by atoms with Crippen molar-refractivity contribution in [3.05, 3.63) is 11.4 Å². The number of aliphatic imine (C=N–C) groups is 2. The van der Waals surface area contributed by atoms with Gasteiger partial charge in [0.1, 0.15) is 17.7 Å². The molecule has 0 unspecified atom stereocenters. The molecule has 6 nitrogen and oxygen atoms in total. The van der Waals surface area contributed by atoms with Gasteiger partial charge in [-0.2, -0.15) is 0 Å². The summed E-state index contributed by atoms with van der Waals surface area (Å²) in [5.74, 6) is 0.0747. The molecule has 0 aromatic rings. The minimum Gasteiger partial charge on any atom is -0.352 e.